The fourth-order valence-electron chi connectivity index (χ4n) is 1.75. The Morgan fingerprint density at radius 3 is 2.76 bits per heavy atom. The lowest BCUT2D eigenvalue weighted by Crippen LogP contribution is -2.32. The predicted molar refractivity (Wildman–Crippen MR) is 66.7 cm³/mol. The van der Waals surface area contributed by atoms with Crippen LogP contribution in [0.3, 0.4) is 0 Å². The molecule has 0 saturated heterocycles. The molecule has 1 aromatic carbocycles. The molecular weight excluding hydrogens is 238 g/mol. The molecule has 0 aromatic heterocycles. The first kappa shape index (κ1) is 12.1. The molecule has 2 rings (SSSR count). The lowest BCUT2D eigenvalue weighted by Gasteiger charge is -2.18. The van der Waals surface area contributed by atoms with Crippen molar-refractivity contribution in [1.29, 1.82) is 0 Å². The van der Waals surface area contributed by atoms with E-state index in [2.05, 4.69) is 9.71 Å². The molecule has 0 bridgehead atoms. The van der Waals surface area contributed by atoms with E-state index in [1.807, 2.05) is 25.1 Å². The molecular formula is C11H15N3O2S. The Kier molecular flexibility index (Phi) is 3.17. The van der Waals surface area contributed by atoms with Crippen molar-refractivity contribution in [2.45, 2.75) is 4.90 Å². The molecule has 17 heavy (non-hydrogen) atoms. The number of hydrogen-bond acceptors (Lipinski definition) is 4. The molecule has 0 spiro atoms. The van der Waals surface area contributed by atoms with E-state index in [1.165, 1.54) is 0 Å². The summed E-state index contributed by atoms with van der Waals surface area (Å²) >= 11 is 0. The van der Waals surface area contributed by atoms with Crippen molar-refractivity contribution in [3.05, 3.63) is 29.8 Å². The van der Waals surface area contributed by atoms with Crippen molar-refractivity contribution in [2.24, 2.45) is 4.40 Å². The van der Waals surface area contributed by atoms with Crippen molar-refractivity contribution in [1.82, 2.24) is 10.2 Å². The summed E-state index contributed by atoms with van der Waals surface area (Å²) in [5.74, 6) is 0.524. The van der Waals surface area contributed by atoms with Gasteiger partial charge in [-0.1, -0.05) is 12.1 Å². The van der Waals surface area contributed by atoms with Gasteiger partial charge in [-0.25, -0.2) is 0 Å². The zero-order chi connectivity index (χ0) is 12.5. The number of nitrogens with zero attached hydrogens (tertiary/aromatic N) is 2. The van der Waals surface area contributed by atoms with Crippen LogP contribution in [-0.4, -0.2) is 46.3 Å². The maximum Gasteiger partial charge on any atom is 0.285 e. The first-order valence-corrected chi connectivity index (χ1v) is 6.80. The zero-order valence-electron chi connectivity index (χ0n) is 9.84. The molecule has 0 radical (unpaired) electrons. The van der Waals surface area contributed by atoms with Crippen molar-refractivity contribution < 1.29 is 8.42 Å². The summed E-state index contributed by atoms with van der Waals surface area (Å²) in [7, 11) is 0.198. The molecule has 92 valence electrons. The van der Waals surface area contributed by atoms with Crippen LogP contribution in [0.15, 0.2) is 33.6 Å². The molecule has 1 N–H and O–H groups in total. The second kappa shape index (κ2) is 4.46. The van der Waals surface area contributed by atoms with Gasteiger partial charge in [0.2, 0.25) is 0 Å². The number of likely N-dealkylation sites (N-methyl/N-ethyl adjacent to an activating group) is 2. The number of fused-ring (bicyclic) bond motifs is 1. The molecule has 0 fully saturated rings. The zero-order valence-corrected chi connectivity index (χ0v) is 10.7. The van der Waals surface area contributed by atoms with Crippen LogP contribution in [0.1, 0.15) is 5.56 Å². The molecule has 1 aromatic rings. The van der Waals surface area contributed by atoms with Gasteiger partial charge in [-0.05, 0) is 19.2 Å². The van der Waals surface area contributed by atoms with Crippen LogP contribution < -0.4 is 5.32 Å². The molecule has 0 unspecified atom stereocenters. The van der Waals surface area contributed by atoms with Gasteiger partial charge >= 0.3 is 0 Å². The van der Waals surface area contributed by atoms with Gasteiger partial charge in [0.15, 0.2) is 5.84 Å². The monoisotopic (exact) mass is 253 g/mol. The van der Waals surface area contributed by atoms with Gasteiger partial charge in [-0.15, -0.1) is 4.40 Å². The van der Waals surface area contributed by atoms with Crippen LogP contribution in [0.5, 0.6) is 0 Å². The summed E-state index contributed by atoms with van der Waals surface area (Å²) in [6.45, 7) is 1.48. The number of sulfonamides is 1. The van der Waals surface area contributed by atoms with Gasteiger partial charge in [0.25, 0.3) is 10.0 Å². The molecule has 0 atom stereocenters. The van der Waals surface area contributed by atoms with E-state index in [4.69, 9.17) is 0 Å². The van der Waals surface area contributed by atoms with Gasteiger partial charge in [0.05, 0.1) is 0 Å². The Labute approximate surface area is 101 Å². The van der Waals surface area contributed by atoms with E-state index in [0.717, 1.165) is 6.54 Å². The quantitative estimate of drug-likeness (QED) is 0.841. The van der Waals surface area contributed by atoms with Crippen molar-refractivity contribution in [2.75, 3.05) is 27.2 Å². The van der Waals surface area contributed by atoms with Crippen LogP contribution in [0.25, 0.3) is 0 Å². The summed E-state index contributed by atoms with van der Waals surface area (Å²) < 4.78 is 27.5. The first-order chi connectivity index (χ1) is 8.06. The Bertz CT molecular complexity index is 552. The minimum absolute atomic E-state index is 0.298. The molecule has 0 saturated carbocycles. The fraction of sp³-hybridized carbons (Fsp3) is 0.364. The Morgan fingerprint density at radius 2 is 2.06 bits per heavy atom. The predicted octanol–water partition coefficient (Wildman–Crippen LogP) is 0.287. The van der Waals surface area contributed by atoms with Gasteiger partial charge < -0.3 is 10.2 Å². The fourth-order valence-corrected chi connectivity index (χ4v) is 3.00. The number of benzene rings is 1. The van der Waals surface area contributed by atoms with Crippen LogP contribution in [0.2, 0.25) is 0 Å². The average Bonchev–Trinajstić information content (AvgIpc) is 2.59. The highest BCUT2D eigenvalue weighted by Gasteiger charge is 2.29. The average molecular weight is 253 g/mol. The first-order valence-electron chi connectivity index (χ1n) is 5.36. The van der Waals surface area contributed by atoms with Gasteiger partial charge in [-0.2, -0.15) is 8.42 Å². The van der Waals surface area contributed by atoms with E-state index in [-0.39, 0.29) is 0 Å². The van der Waals surface area contributed by atoms with Crippen LogP contribution in [-0.2, 0) is 10.0 Å². The second-order valence-corrected chi connectivity index (χ2v) is 5.48. The largest absolute Gasteiger partial charge is 0.357 e. The van der Waals surface area contributed by atoms with Crippen molar-refractivity contribution in [3.8, 4) is 0 Å². The van der Waals surface area contributed by atoms with E-state index >= 15 is 0 Å². The van der Waals surface area contributed by atoms with Crippen LogP contribution in [0, 0.1) is 0 Å². The molecule has 1 heterocycles. The normalized spacial score (nSPS) is 16.5. The van der Waals surface area contributed by atoms with Crippen LogP contribution >= 0.6 is 0 Å². The van der Waals surface area contributed by atoms with E-state index in [1.54, 1.807) is 18.2 Å². The molecule has 6 heteroatoms. The second-order valence-electron chi connectivity index (χ2n) is 3.91. The maximum absolute atomic E-state index is 11.8. The highest BCUT2D eigenvalue weighted by Crippen LogP contribution is 2.26. The highest BCUT2D eigenvalue weighted by molar-refractivity contribution is 7.90. The topological polar surface area (TPSA) is 61.8 Å². The Balaban J connectivity index is 2.38. The summed E-state index contributed by atoms with van der Waals surface area (Å²) in [6, 6.07) is 6.91. The van der Waals surface area contributed by atoms with E-state index in [9.17, 15) is 8.42 Å². The molecule has 1 aliphatic heterocycles. The molecule has 5 nitrogen and oxygen atoms in total. The summed E-state index contributed by atoms with van der Waals surface area (Å²) in [4.78, 5) is 2.14. The summed E-state index contributed by atoms with van der Waals surface area (Å²) in [5.41, 5.74) is 0.686. The van der Waals surface area contributed by atoms with Gasteiger partial charge in [0.1, 0.15) is 4.90 Å². The number of amidine groups is 1. The van der Waals surface area contributed by atoms with E-state index in [0.29, 0.717) is 22.8 Å². The highest BCUT2D eigenvalue weighted by atomic mass is 32.2. The van der Waals surface area contributed by atoms with Gasteiger partial charge in [0, 0.05) is 25.7 Å². The lowest BCUT2D eigenvalue weighted by atomic mass is 10.2. The molecule has 0 amide bonds. The smallest absolute Gasteiger partial charge is 0.285 e. The third-order valence-corrected chi connectivity index (χ3v) is 4.00. The minimum Gasteiger partial charge on any atom is -0.357 e. The molecule has 0 aliphatic carbocycles. The Hall–Kier alpha value is -1.40. The maximum atomic E-state index is 11.8. The van der Waals surface area contributed by atoms with Crippen molar-refractivity contribution >= 4 is 15.9 Å². The minimum atomic E-state index is -3.50. The van der Waals surface area contributed by atoms with E-state index < -0.39 is 10.0 Å². The SMILES string of the molecule is CNCCN(C)C1=NS(=O)(=O)c2ccccc21. The third-order valence-electron chi connectivity index (χ3n) is 2.67. The number of hydrogen-bond donors (Lipinski definition) is 1. The standard InChI is InChI=1S/C11H15N3O2S/c1-12-7-8-14(2)11-9-5-3-4-6-10(9)17(15,16)13-11/h3-6,12H,7-8H2,1-2H3. The lowest BCUT2D eigenvalue weighted by molar-refractivity contribution is 0.497. The third kappa shape index (κ3) is 2.18. The molecule has 1 aliphatic rings. The van der Waals surface area contributed by atoms with Crippen molar-refractivity contribution in [3.63, 3.8) is 0 Å². The Morgan fingerprint density at radius 1 is 1.35 bits per heavy atom. The van der Waals surface area contributed by atoms with Crippen LogP contribution in [0.4, 0.5) is 0 Å². The summed E-state index contributed by atoms with van der Waals surface area (Å²) in [5, 5.41) is 3.02. The number of rotatable bonds is 3. The number of nitrogens with one attached hydrogen (secondary N) is 1. The van der Waals surface area contributed by atoms with Gasteiger partial charge in [-0.3, -0.25) is 0 Å². The summed E-state index contributed by atoms with van der Waals surface area (Å²) in [6.07, 6.45) is 0.